The summed E-state index contributed by atoms with van der Waals surface area (Å²) in [5.74, 6) is 1.02. The Kier molecular flexibility index (Phi) is 10.2. The van der Waals surface area contributed by atoms with Gasteiger partial charge in [-0.15, -0.1) is 12.4 Å². The fraction of sp³-hybridized carbons (Fsp3) is 0.158. The molecule has 0 atom stereocenters. The smallest absolute Gasteiger partial charge is 0.355 e. The zero-order valence-electron chi connectivity index (χ0n) is 27.6. The summed E-state index contributed by atoms with van der Waals surface area (Å²) in [7, 11) is 7.27. The van der Waals surface area contributed by atoms with Gasteiger partial charge in [-0.2, -0.15) is 0 Å². The Morgan fingerprint density at radius 2 is 1.33 bits per heavy atom. The first kappa shape index (κ1) is 34.5. The Morgan fingerprint density at radius 1 is 0.694 bits per heavy atom. The number of nitrogen functional groups attached to an aromatic ring is 1. The summed E-state index contributed by atoms with van der Waals surface area (Å²) in [5, 5.41) is 2.81. The van der Waals surface area contributed by atoms with Gasteiger partial charge in [-0.25, -0.2) is 4.79 Å². The number of ether oxygens (including phenoxy) is 6. The van der Waals surface area contributed by atoms with Crippen LogP contribution in [-0.4, -0.2) is 46.1 Å². The molecule has 0 amide bonds. The van der Waals surface area contributed by atoms with E-state index in [1.165, 1.54) is 40.1 Å². The van der Waals surface area contributed by atoms with E-state index in [1.807, 2.05) is 42.5 Å². The minimum Gasteiger partial charge on any atom is -0.493 e. The van der Waals surface area contributed by atoms with Gasteiger partial charge in [-0.05, 0) is 70.4 Å². The van der Waals surface area contributed by atoms with Crippen LogP contribution >= 0.6 is 12.4 Å². The molecule has 0 unspecified atom stereocenters. The summed E-state index contributed by atoms with van der Waals surface area (Å²) in [5.41, 5.74) is 8.20. The number of nitrogens with two attached hydrogens (primary N) is 1. The van der Waals surface area contributed by atoms with Crippen molar-refractivity contribution < 1.29 is 33.2 Å². The van der Waals surface area contributed by atoms with Crippen molar-refractivity contribution in [1.82, 2.24) is 4.57 Å². The maximum absolute atomic E-state index is 14.5. The molecule has 6 aromatic rings. The predicted molar refractivity (Wildman–Crippen MR) is 192 cm³/mol. The van der Waals surface area contributed by atoms with Crippen LogP contribution in [0.2, 0.25) is 0 Å². The molecule has 252 valence electrons. The predicted octanol–water partition coefficient (Wildman–Crippen LogP) is 7.21. The highest BCUT2D eigenvalue weighted by atomic mass is 35.5. The van der Waals surface area contributed by atoms with Gasteiger partial charge in [0.15, 0.2) is 23.0 Å². The number of carbonyl (C=O) groups is 1. The second kappa shape index (κ2) is 14.5. The summed E-state index contributed by atoms with van der Waals surface area (Å²) >= 11 is 0. The monoisotopic (exact) mass is 682 g/mol. The Balaban J connectivity index is 0.00000468. The van der Waals surface area contributed by atoms with Crippen LogP contribution < -0.4 is 35.0 Å². The van der Waals surface area contributed by atoms with Gasteiger partial charge in [0.1, 0.15) is 12.3 Å². The van der Waals surface area contributed by atoms with Gasteiger partial charge >= 0.3 is 5.97 Å². The summed E-state index contributed by atoms with van der Waals surface area (Å²) in [6.45, 7) is 0.218. The number of rotatable bonds is 10. The van der Waals surface area contributed by atoms with Gasteiger partial charge in [0.05, 0.1) is 40.9 Å². The van der Waals surface area contributed by atoms with Crippen molar-refractivity contribution in [1.29, 1.82) is 0 Å². The largest absolute Gasteiger partial charge is 0.493 e. The lowest BCUT2D eigenvalue weighted by molar-refractivity contribution is 0.0591. The summed E-state index contributed by atoms with van der Waals surface area (Å²) in [4.78, 5) is 28.3. The average Bonchev–Trinajstić information content (AvgIpc) is 3.13. The molecule has 0 spiro atoms. The van der Waals surface area contributed by atoms with E-state index in [0.29, 0.717) is 56.6 Å². The van der Waals surface area contributed by atoms with Gasteiger partial charge in [0.2, 0.25) is 5.75 Å². The number of anilines is 1. The molecule has 1 aromatic heterocycles. The molecule has 11 heteroatoms. The van der Waals surface area contributed by atoms with Gasteiger partial charge < -0.3 is 34.2 Å². The minimum atomic E-state index is -0.746. The number of pyridine rings is 1. The molecule has 0 saturated carbocycles. The molecule has 49 heavy (non-hydrogen) atoms. The highest BCUT2D eigenvalue weighted by molar-refractivity contribution is 6.08. The molecule has 0 aliphatic heterocycles. The van der Waals surface area contributed by atoms with E-state index in [-0.39, 0.29) is 30.1 Å². The maximum atomic E-state index is 14.5. The van der Waals surface area contributed by atoms with Crippen LogP contribution in [0.4, 0.5) is 5.69 Å². The third kappa shape index (κ3) is 6.26. The molecule has 5 aromatic carbocycles. The lowest BCUT2D eigenvalue weighted by Crippen LogP contribution is -2.27. The van der Waals surface area contributed by atoms with E-state index >= 15 is 0 Å². The van der Waals surface area contributed by atoms with Crippen LogP contribution in [0.5, 0.6) is 28.7 Å². The quantitative estimate of drug-likeness (QED) is 0.118. The van der Waals surface area contributed by atoms with Crippen molar-refractivity contribution in [3.63, 3.8) is 0 Å². The van der Waals surface area contributed by atoms with Gasteiger partial charge in [0, 0.05) is 22.3 Å². The number of esters is 1. The Labute approximate surface area is 288 Å². The zero-order valence-corrected chi connectivity index (χ0v) is 28.4. The average molecular weight is 683 g/mol. The summed E-state index contributed by atoms with van der Waals surface area (Å²) in [6.07, 6.45) is 0. The SMILES string of the molecule is COC(=O)c1c(-c2cc(OC)c(OC)c(OC)c2)c2cc(OC)c(OCc3cccc4ccccc34)cc2c(=O)n1-c1ccc(N)cc1.Cl. The molecule has 2 N–H and O–H groups in total. The van der Waals surface area contributed by atoms with Crippen LogP contribution in [0, 0.1) is 0 Å². The molecule has 10 nitrogen and oxygen atoms in total. The van der Waals surface area contributed by atoms with Crippen LogP contribution in [0.25, 0.3) is 38.4 Å². The Hall–Kier alpha value is -5.87. The number of fused-ring (bicyclic) bond motifs is 2. The first-order valence-electron chi connectivity index (χ1n) is 15.0. The normalized spacial score (nSPS) is 10.7. The number of hydrogen-bond acceptors (Lipinski definition) is 9. The van der Waals surface area contributed by atoms with Crippen molar-refractivity contribution in [3.8, 4) is 45.6 Å². The minimum absolute atomic E-state index is 0. The van der Waals surface area contributed by atoms with Gasteiger partial charge in [-0.1, -0.05) is 42.5 Å². The highest BCUT2D eigenvalue weighted by Gasteiger charge is 2.28. The van der Waals surface area contributed by atoms with Crippen molar-refractivity contribution in [3.05, 3.63) is 113 Å². The second-order valence-corrected chi connectivity index (χ2v) is 10.8. The number of carbonyl (C=O) groups excluding carboxylic acids is 1. The van der Waals surface area contributed by atoms with Crippen LogP contribution in [0.15, 0.2) is 95.8 Å². The Bertz CT molecular complexity index is 2200. The van der Waals surface area contributed by atoms with E-state index in [0.717, 1.165) is 16.3 Å². The van der Waals surface area contributed by atoms with Crippen LogP contribution in [-0.2, 0) is 11.3 Å². The van der Waals surface area contributed by atoms with Crippen molar-refractivity contribution in [2.45, 2.75) is 6.61 Å². The first-order chi connectivity index (χ1) is 23.3. The van der Waals surface area contributed by atoms with Crippen LogP contribution in [0.3, 0.4) is 0 Å². The van der Waals surface area contributed by atoms with E-state index in [2.05, 4.69) is 0 Å². The highest BCUT2D eigenvalue weighted by Crippen LogP contribution is 2.45. The molecule has 0 bridgehead atoms. The molecule has 0 fully saturated rings. The lowest BCUT2D eigenvalue weighted by Gasteiger charge is -2.21. The molecule has 0 saturated heterocycles. The van der Waals surface area contributed by atoms with E-state index in [9.17, 15) is 9.59 Å². The topological polar surface area (TPSA) is 120 Å². The number of hydrogen-bond donors (Lipinski definition) is 1. The standard InChI is InChI=1S/C38H34N2O8.ClH/c1-43-30-19-28-29(20-31(30)48-21-23-11-8-10-22-9-6-7-12-27(22)23)37(41)40(26-15-13-25(39)14-16-26)35(38(42)47-5)34(28)24-17-32(44-2)36(46-4)33(18-24)45-3;/h6-20H,21,39H2,1-5H3;1H. The van der Waals surface area contributed by atoms with Gasteiger partial charge in [-0.3, -0.25) is 9.36 Å². The maximum Gasteiger partial charge on any atom is 0.355 e. The fourth-order valence-corrected chi connectivity index (χ4v) is 5.93. The van der Waals surface area contributed by atoms with E-state index < -0.39 is 11.5 Å². The molecule has 0 aliphatic carbocycles. The van der Waals surface area contributed by atoms with E-state index in [1.54, 1.807) is 48.5 Å². The fourth-order valence-electron chi connectivity index (χ4n) is 5.93. The van der Waals surface area contributed by atoms with Crippen LogP contribution in [0.1, 0.15) is 16.1 Å². The van der Waals surface area contributed by atoms with E-state index in [4.69, 9.17) is 34.2 Å². The molecular weight excluding hydrogens is 648 g/mol. The second-order valence-electron chi connectivity index (χ2n) is 10.8. The van der Waals surface area contributed by atoms with Crippen molar-refractivity contribution >= 4 is 45.6 Å². The molecule has 6 rings (SSSR count). The molecule has 1 heterocycles. The molecule has 0 radical (unpaired) electrons. The van der Waals surface area contributed by atoms with Crippen molar-refractivity contribution in [2.24, 2.45) is 0 Å². The summed E-state index contributed by atoms with van der Waals surface area (Å²) < 4.78 is 35.6. The third-order valence-corrected chi connectivity index (χ3v) is 8.21. The first-order valence-corrected chi connectivity index (χ1v) is 15.0. The Morgan fingerprint density at radius 3 is 1.96 bits per heavy atom. The molecule has 0 aliphatic rings. The summed E-state index contributed by atoms with van der Waals surface area (Å²) in [6, 6.07) is 27.4. The molecular formula is C38H35ClN2O8. The number of nitrogens with zero attached hydrogens (tertiary/aromatic N) is 1. The number of halogens is 1. The third-order valence-electron chi connectivity index (χ3n) is 8.21. The number of benzene rings is 5. The lowest BCUT2D eigenvalue weighted by atomic mass is 9.95. The number of aromatic nitrogens is 1. The van der Waals surface area contributed by atoms with Gasteiger partial charge in [0.25, 0.3) is 5.56 Å². The van der Waals surface area contributed by atoms with Crippen molar-refractivity contribution in [2.75, 3.05) is 41.3 Å². The number of methoxy groups -OCH3 is 5. The zero-order chi connectivity index (χ0) is 33.9.